The fourth-order valence-corrected chi connectivity index (χ4v) is 5.16. The van der Waals surface area contributed by atoms with Crippen molar-refractivity contribution in [1.29, 1.82) is 0 Å². The predicted molar refractivity (Wildman–Crippen MR) is 130 cm³/mol. The third-order valence-electron chi connectivity index (χ3n) is 6.39. The van der Waals surface area contributed by atoms with Gasteiger partial charge in [0.2, 0.25) is 11.1 Å². The van der Waals surface area contributed by atoms with Gasteiger partial charge in [0.1, 0.15) is 5.75 Å². The van der Waals surface area contributed by atoms with Gasteiger partial charge in [-0.25, -0.2) is 13.0 Å². The normalized spacial score (nSPS) is 18.4. The van der Waals surface area contributed by atoms with Crippen molar-refractivity contribution in [3.63, 3.8) is 0 Å². The van der Waals surface area contributed by atoms with E-state index in [0.29, 0.717) is 29.7 Å². The number of rotatable bonds is 6. The highest BCUT2D eigenvalue weighted by molar-refractivity contribution is 7.79. The van der Waals surface area contributed by atoms with Gasteiger partial charge in [-0.2, -0.15) is 0 Å². The molecular weight excluding hydrogens is 458 g/mol. The molecule has 0 amide bonds. The van der Waals surface area contributed by atoms with E-state index >= 15 is 0 Å². The Kier molecular flexibility index (Phi) is 7.00. The molecular formula is C26H28F2N2O3S. The molecule has 1 aliphatic carbocycles. The van der Waals surface area contributed by atoms with Crippen molar-refractivity contribution in [2.45, 2.75) is 51.6 Å². The number of fused-ring (bicyclic) bond motifs is 1. The third-order valence-corrected chi connectivity index (χ3v) is 6.81. The van der Waals surface area contributed by atoms with E-state index < -0.39 is 22.7 Å². The maximum Gasteiger partial charge on any atom is 0.254 e. The highest BCUT2D eigenvalue weighted by Crippen LogP contribution is 2.35. The molecule has 0 spiro atoms. The Bertz CT molecular complexity index is 1320. The number of benzene rings is 2. The molecule has 4 rings (SSSR count). The zero-order chi connectivity index (χ0) is 24.6. The van der Waals surface area contributed by atoms with Crippen molar-refractivity contribution in [2.75, 3.05) is 6.26 Å². The number of halogens is 2. The maximum absolute atomic E-state index is 14.7. The number of hydrogen-bond donors (Lipinski definition) is 1. The monoisotopic (exact) mass is 486 g/mol. The Morgan fingerprint density at radius 3 is 2.68 bits per heavy atom. The molecule has 0 saturated carbocycles. The van der Waals surface area contributed by atoms with Crippen LogP contribution in [0.2, 0.25) is 0 Å². The summed E-state index contributed by atoms with van der Waals surface area (Å²) in [5.74, 6) is -1.87. The van der Waals surface area contributed by atoms with Crippen LogP contribution in [-0.2, 0) is 30.5 Å². The summed E-state index contributed by atoms with van der Waals surface area (Å²) in [6, 6.07) is 9.47. The fourth-order valence-electron chi connectivity index (χ4n) is 4.79. The molecule has 0 fully saturated rings. The summed E-state index contributed by atoms with van der Waals surface area (Å²) < 4.78 is 47.7. The van der Waals surface area contributed by atoms with Crippen molar-refractivity contribution in [2.24, 2.45) is 5.73 Å². The van der Waals surface area contributed by atoms with E-state index in [2.05, 4.69) is 0 Å². The molecule has 1 aromatic heterocycles. The predicted octanol–water partition coefficient (Wildman–Crippen LogP) is 4.39. The third kappa shape index (κ3) is 4.83. The fraction of sp³-hybridized carbons (Fsp3) is 0.346. The molecule has 0 saturated heterocycles. The summed E-state index contributed by atoms with van der Waals surface area (Å²) in [5.41, 5.74) is 9.96. The second-order valence-corrected chi connectivity index (χ2v) is 9.79. The summed E-state index contributed by atoms with van der Waals surface area (Å²) in [6.45, 7) is 4.16. The number of aryl methyl sites for hydroxylation is 3. The first-order chi connectivity index (χ1) is 16.2. The highest BCUT2D eigenvalue weighted by atomic mass is 32.2. The van der Waals surface area contributed by atoms with Crippen LogP contribution in [0.1, 0.15) is 41.5 Å². The average molecular weight is 487 g/mol. The Hall–Kier alpha value is -2.84. The lowest BCUT2D eigenvalue weighted by molar-refractivity contribution is 0.457. The highest BCUT2D eigenvalue weighted by Gasteiger charge is 2.30. The van der Waals surface area contributed by atoms with Crippen molar-refractivity contribution in [3.8, 4) is 16.9 Å². The molecule has 8 heteroatoms. The lowest BCUT2D eigenvalue weighted by Crippen LogP contribution is -2.40. The minimum atomic E-state index is -1.61. The van der Waals surface area contributed by atoms with Crippen molar-refractivity contribution in [3.05, 3.63) is 86.8 Å². The van der Waals surface area contributed by atoms with Gasteiger partial charge in [0.25, 0.3) is 5.56 Å². The van der Waals surface area contributed by atoms with E-state index in [1.807, 2.05) is 19.2 Å². The number of nitrogens with two attached hydrogens (primary N) is 1. The summed E-state index contributed by atoms with van der Waals surface area (Å²) in [7, 11) is 0. The van der Waals surface area contributed by atoms with E-state index in [4.69, 9.17) is 9.92 Å². The molecule has 0 aliphatic heterocycles. The number of hydrogen-bond acceptors (Lipinski definition) is 4. The molecule has 2 N–H and O–H groups in total. The van der Waals surface area contributed by atoms with Crippen molar-refractivity contribution in [1.82, 2.24) is 4.57 Å². The van der Waals surface area contributed by atoms with Gasteiger partial charge in [0, 0.05) is 42.1 Å². The van der Waals surface area contributed by atoms with Crippen molar-refractivity contribution < 1.29 is 17.2 Å². The van der Waals surface area contributed by atoms with E-state index in [-0.39, 0.29) is 28.8 Å². The lowest BCUT2D eigenvalue weighted by atomic mass is 9.77. The largest absolute Gasteiger partial charge is 0.401 e. The molecule has 1 aliphatic rings. The van der Waals surface area contributed by atoms with Gasteiger partial charge in [-0.3, -0.25) is 4.79 Å². The second-order valence-electron chi connectivity index (χ2n) is 8.82. The van der Waals surface area contributed by atoms with Crippen LogP contribution in [0.25, 0.3) is 11.1 Å². The molecule has 1 heterocycles. The first-order valence-corrected chi connectivity index (χ1v) is 12.8. The first kappa shape index (κ1) is 24.3. The Labute approximate surface area is 200 Å². The zero-order valence-corrected chi connectivity index (χ0v) is 20.3. The van der Waals surface area contributed by atoms with Crippen LogP contribution in [0.3, 0.4) is 0 Å². The smallest absolute Gasteiger partial charge is 0.254 e. The van der Waals surface area contributed by atoms with E-state index in [0.717, 1.165) is 30.0 Å². The minimum absolute atomic E-state index is 0.0470. The molecule has 3 unspecified atom stereocenters. The van der Waals surface area contributed by atoms with Gasteiger partial charge in [-0.05, 0) is 85.7 Å². The van der Waals surface area contributed by atoms with Crippen LogP contribution >= 0.6 is 0 Å². The van der Waals surface area contributed by atoms with E-state index in [1.165, 1.54) is 6.26 Å². The lowest BCUT2D eigenvalue weighted by Gasteiger charge is -2.31. The average Bonchev–Trinajstić information content (AvgIpc) is 2.77. The van der Waals surface area contributed by atoms with Crippen LogP contribution in [0.4, 0.5) is 8.78 Å². The molecule has 0 radical (unpaired) electrons. The Balaban J connectivity index is 1.83. The zero-order valence-electron chi connectivity index (χ0n) is 19.4. The van der Waals surface area contributed by atoms with Crippen LogP contribution in [0.15, 0.2) is 47.4 Å². The Morgan fingerprint density at radius 2 is 1.97 bits per heavy atom. The van der Waals surface area contributed by atoms with Gasteiger partial charge in [0.05, 0.1) is 0 Å². The first-order valence-electron chi connectivity index (χ1n) is 11.3. The van der Waals surface area contributed by atoms with Crippen LogP contribution in [0.5, 0.6) is 5.75 Å². The van der Waals surface area contributed by atoms with E-state index in [1.54, 1.807) is 35.8 Å². The molecule has 0 bridgehead atoms. The van der Waals surface area contributed by atoms with Gasteiger partial charge < -0.3 is 14.5 Å². The van der Waals surface area contributed by atoms with Gasteiger partial charge in [-0.15, -0.1) is 0 Å². The number of nitrogens with zero attached hydrogens (tertiary/aromatic N) is 1. The number of pyridine rings is 1. The molecule has 3 aromatic rings. The molecule has 2 aromatic carbocycles. The standard InChI is InChI=1S/C26H28F2N2O3S/c1-4-30-8-7-17-5-6-23(29)21(24(17)26(30)31)13-16-11-18(14-19(12-16)33-34(3)32)20-9-15(2)10-22(27)25(20)28/h7-12,14,21,23H,4-6,13,29H2,1-3H3. The van der Waals surface area contributed by atoms with Crippen LogP contribution in [-0.4, -0.2) is 21.1 Å². The second kappa shape index (κ2) is 9.80. The summed E-state index contributed by atoms with van der Waals surface area (Å²) in [5, 5.41) is 0. The summed E-state index contributed by atoms with van der Waals surface area (Å²) in [4.78, 5) is 13.2. The molecule has 180 valence electrons. The summed E-state index contributed by atoms with van der Waals surface area (Å²) in [6.07, 6.45) is 5.09. The van der Waals surface area contributed by atoms with Crippen LogP contribution < -0.4 is 15.5 Å². The SMILES string of the molecule is CCn1ccc2c(c1=O)C(Cc1cc(OS(C)=O)cc(-c3cc(C)cc(F)c3F)c1)C(N)CC2. The summed E-state index contributed by atoms with van der Waals surface area (Å²) >= 11 is -1.61. The van der Waals surface area contributed by atoms with Gasteiger partial charge in [0.15, 0.2) is 11.6 Å². The minimum Gasteiger partial charge on any atom is -0.401 e. The quantitative estimate of drug-likeness (QED) is 0.561. The van der Waals surface area contributed by atoms with Crippen molar-refractivity contribution >= 4 is 11.1 Å². The maximum atomic E-state index is 14.7. The van der Waals surface area contributed by atoms with Gasteiger partial charge in [-0.1, -0.05) is 6.07 Å². The van der Waals surface area contributed by atoms with Gasteiger partial charge >= 0.3 is 0 Å². The Morgan fingerprint density at radius 1 is 1.21 bits per heavy atom. The topological polar surface area (TPSA) is 74.3 Å². The molecule has 5 nitrogen and oxygen atoms in total. The number of aromatic nitrogens is 1. The molecule has 3 atom stereocenters. The van der Waals surface area contributed by atoms with Crippen LogP contribution in [0, 0.1) is 18.6 Å². The molecule has 34 heavy (non-hydrogen) atoms. The van der Waals surface area contributed by atoms with E-state index in [9.17, 15) is 17.8 Å².